The molecule has 3 nitrogen and oxygen atoms in total. The van der Waals surface area contributed by atoms with E-state index in [0.29, 0.717) is 4.99 Å². The molecule has 3 N–H and O–H groups in total. The van der Waals surface area contributed by atoms with Gasteiger partial charge in [-0.25, -0.2) is 4.98 Å². The lowest BCUT2D eigenvalue weighted by Gasteiger charge is -1.97. The first-order valence-electron chi connectivity index (χ1n) is 5.44. The largest absolute Gasteiger partial charge is 0.393 e. The van der Waals surface area contributed by atoms with Crippen molar-refractivity contribution in [2.75, 3.05) is 5.75 Å². The summed E-state index contributed by atoms with van der Waals surface area (Å²) in [5.74, 6) is 0.868. The van der Waals surface area contributed by atoms with Crippen LogP contribution in [-0.2, 0) is 0 Å². The van der Waals surface area contributed by atoms with Gasteiger partial charge in [0.15, 0.2) is 5.16 Å². The van der Waals surface area contributed by atoms with E-state index in [2.05, 4.69) is 35.9 Å². The molecule has 0 bridgehead atoms. The van der Waals surface area contributed by atoms with Crippen molar-refractivity contribution in [3.63, 3.8) is 0 Å². The van der Waals surface area contributed by atoms with Gasteiger partial charge >= 0.3 is 0 Å². The Labute approximate surface area is 110 Å². The predicted octanol–water partition coefficient (Wildman–Crippen LogP) is 2.95. The Hall–Kier alpha value is -1.07. The van der Waals surface area contributed by atoms with E-state index in [9.17, 15) is 0 Å². The third-order valence-electron chi connectivity index (χ3n) is 2.66. The number of aryl methyl sites for hydroxylation is 2. The van der Waals surface area contributed by atoms with Crippen molar-refractivity contribution < 1.29 is 0 Å². The normalized spacial score (nSPS) is 10.9. The third kappa shape index (κ3) is 2.98. The van der Waals surface area contributed by atoms with E-state index >= 15 is 0 Å². The highest BCUT2D eigenvalue weighted by atomic mass is 32.2. The predicted molar refractivity (Wildman–Crippen MR) is 77.7 cm³/mol. The average Bonchev–Trinajstić information content (AvgIpc) is 2.60. The van der Waals surface area contributed by atoms with Crippen LogP contribution in [0.4, 0.5) is 0 Å². The van der Waals surface area contributed by atoms with Gasteiger partial charge in [-0.2, -0.15) is 0 Å². The minimum atomic E-state index is 0.556. The summed E-state index contributed by atoms with van der Waals surface area (Å²) in [4.78, 5) is 8.40. The highest BCUT2D eigenvalue weighted by Gasteiger charge is 2.05. The van der Waals surface area contributed by atoms with Crippen molar-refractivity contribution in [2.24, 2.45) is 5.73 Å². The van der Waals surface area contributed by atoms with Gasteiger partial charge < -0.3 is 10.7 Å². The van der Waals surface area contributed by atoms with Crippen molar-refractivity contribution in [1.29, 1.82) is 0 Å². The molecule has 0 saturated heterocycles. The Morgan fingerprint density at radius 2 is 2.12 bits per heavy atom. The van der Waals surface area contributed by atoms with Gasteiger partial charge in [0.05, 0.1) is 16.0 Å². The molecule has 0 spiro atoms. The summed E-state index contributed by atoms with van der Waals surface area (Å²) in [7, 11) is 0. The van der Waals surface area contributed by atoms with Crippen molar-refractivity contribution in [3.05, 3.63) is 23.3 Å². The minimum absolute atomic E-state index is 0.556. The minimum Gasteiger partial charge on any atom is -0.393 e. The second-order valence-electron chi connectivity index (χ2n) is 4.06. The number of hydrogen-bond donors (Lipinski definition) is 2. The number of fused-ring (bicyclic) bond motifs is 1. The van der Waals surface area contributed by atoms with Gasteiger partial charge in [0.1, 0.15) is 0 Å². The fourth-order valence-corrected chi connectivity index (χ4v) is 2.65. The molecule has 0 saturated carbocycles. The van der Waals surface area contributed by atoms with Gasteiger partial charge in [0.25, 0.3) is 0 Å². The first-order valence-corrected chi connectivity index (χ1v) is 6.83. The van der Waals surface area contributed by atoms with Crippen LogP contribution >= 0.6 is 24.0 Å². The first-order chi connectivity index (χ1) is 8.06. The van der Waals surface area contributed by atoms with Crippen molar-refractivity contribution >= 4 is 40.0 Å². The van der Waals surface area contributed by atoms with E-state index in [1.807, 2.05) is 0 Å². The summed E-state index contributed by atoms with van der Waals surface area (Å²) in [5.41, 5.74) is 10.1. The molecule has 0 atom stereocenters. The molecular formula is C12H15N3S2. The maximum absolute atomic E-state index is 5.46. The third-order valence-corrected chi connectivity index (χ3v) is 3.74. The van der Waals surface area contributed by atoms with Crippen LogP contribution < -0.4 is 5.73 Å². The number of thioether (sulfide) groups is 1. The second kappa shape index (κ2) is 5.06. The fraction of sp³-hybridized carbons (Fsp3) is 0.333. The Balaban J connectivity index is 2.17. The van der Waals surface area contributed by atoms with Crippen molar-refractivity contribution in [2.45, 2.75) is 25.4 Å². The van der Waals surface area contributed by atoms with Crippen LogP contribution in [0.15, 0.2) is 17.3 Å². The number of aromatic amines is 1. The molecular weight excluding hydrogens is 250 g/mol. The Kier molecular flexibility index (Phi) is 3.69. The second-order valence-corrected chi connectivity index (χ2v) is 5.67. The summed E-state index contributed by atoms with van der Waals surface area (Å²) >= 11 is 6.50. The number of benzene rings is 1. The van der Waals surface area contributed by atoms with Gasteiger partial charge in [-0.1, -0.05) is 24.0 Å². The molecule has 2 rings (SSSR count). The molecule has 0 aliphatic carbocycles. The number of thiocarbonyl (C=S) groups is 1. The molecule has 0 unspecified atom stereocenters. The highest BCUT2D eigenvalue weighted by Crippen LogP contribution is 2.22. The zero-order valence-corrected chi connectivity index (χ0v) is 11.5. The summed E-state index contributed by atoms with van der Waals surface area (Å²) in [6, 6.07) is 4.24. The molecule has 0 radical (unpaired) electrons. The number of aromatic nitrogens is 2. The molecule has 90 valence electrons. The van der Waals surface area contributed by atoms with E-state index in [1.165, 1.54) is 11.1 Å². The Bertz CT molecular complexity index is 521. The van der Waals surface area contributed by atoms with E-state index in [4.69, 9.17) is 18.0 Å². The summed E-state index contributed by atoms with van der Waals surface area (Å²) in [5, 5.41) is 0.932. The molecule has 0 aliphatic rings. The summed E-state index contributed by atoms with van der Waals surface area (Å²) in [6.07, 6.45) is 0.745. The van der Waals surface area contributed by atoms with Crippen LogP contribution in [0.1, 0.15) is 17.5 Å². The standard InChI is InChI=1S/C12H15N3S2/c1-7-5-9-10(6-8(7)2)15-12(14-9)17-4-3-11(13)16/h5-6H,3-4H2,1-2H3,(H2,13,16)(H,14,15). The zero-order valence-electron chi connectivity index (χ0n) is 9.91. The van der Waals surface area contributed by atoms with Gasteiger partial charge in [-0.15, -0.1) is 0 Å². The van der Waals surface area contributed by atoms with Crippen LogP contribution in [0.5, 0.6) is 0 Å². The number of nitrogens with zero attached hydrogens (tertiary/aromatic N) is 1. The average molecular weight is 265 g/mol. The number of rotatable bonds is 4. The maximum Gasteiger partial charge on any atom is 0.166 e. The molecule has 1 aromatic heterocycles. The monoisotopic (exact) mass is 265 g/mol. The number of imidazole rings is 1. The molecule has 5 heteroatoms. The van der Waals surface area contributed by atoms with Gasteiger partial charge in [-0.05, 0) is 37.1 Å². The van der Waals surface area contributed by atoms with Gasteiger partial charge in [-0.3, -0.25) is 0 Å². The highest BCUT2D eigenvalue weighted by molar-refractivity contribution is 7.99. The van der Waals surface area contributed by atoms with Crippen LogP contribution in [0.2, 0.25) is 0 Å². The summed E-state index contributed by atoms with van der Waals surface area (Å²) < 4.78 is 0. The van der Waals surface area contributed by atoms with Gasteiger partial charge in [0, 0.05) is 12.2 Å². The lowest BCUT2D eigenvalue weighted by Crippen LogP contribution is -2.08. The first kappa shape index (κ1) is 12.4. The van der Waals surface area contributed by atoms with Crippen LogP contribution in [0, 0.1) is 13.8 Å². The number of H-pyrrole nitrogens is 1. The molecule has 0 aliphatic heterocycles. The summed E-state index contributed by atoms with van der Waals surface area (Å²) in [6.45, 7) is 4.21. The smallest absolute Gasteiger partial charge is 0.166 e. The van der Waals surface area contributed by atoms with Crippen LogP contribution in [-0.4, -0.2) is 20.7 Å². The molecule has 1 heterocycles. The van der Waals surface area contributed by atoms with E-state index in [-0.39, 0.29) is 0 Å². The van der Waals surface area contributed by atoms with E-state index in [1.54, 1.807) is 11.8 Å². The molecule has 17 heavy (non-hydrogen) atoms. The number of nitrogens with two attached hydrogens (primary N) is 1. The lowest BCUT2D eigenvalue weighted by atomic mass is 10.1. The zero-order chi connectivity index (χ0) is 12.4. The molecule has 0 amide bonds. The molecule has 2 aromatic rings. The number of hydrogen-bond acceptors (Lipinski definition) is 3. The SMILES string of the molecule is Cc1cc2nc(SCCC(N)=S)[nH]c2cc1C. The quantitative estimate of drug-likeness (QED) is 0.659. The molecule has 1 aromatic carbocycles. The topological polar surface area (TPSA) is 54.7 Å². The Morgan fingerprint density at radius 3 is 2.82 bits per heavy atom. The van der Waals surface area contributed by atoms with Crippen molar-refractivity contribution in [1.82, 2.24) is 9.97 Å². The van der Waals surface area contributed by atoms with Crippen LogP contribution in [0.25, 0.3) is 11.0 Å². The Morgan fingerprint density at radius 1 is 1.41 bits per heavy atom. The van der Waals surface area contributed by atoms with Gasteiger partial charge in [0.2, 0.25) is 0 Å². The molecule has 0 fully saturated rings. The lowest BCUT2D eigenvalue weighted by molar-refractivity contribution is 1.08. The van der Waals surface area contributed by atoms with E-state index < -0.39 is 0 Å². The number of nitrogens with one attached hydrogen (secondary N) is 1. The maximum atomic E-state index is 5.46. The van der Waals surface area contributed by atoms with Crippen molar-refractivity contribution in [3.8, 4) is 0 Å². The fourth-order valence-electron chi connectivity index (χ4n) is 1.56. The van der Waals surface area contributed by atoms with Crippen LogP contribution in [0.3, 0.4) is 0 Å². The van der Waals surface area contributed by atoms with E-state index in [0.717, 1.165) is 28.4 Å².